The number of carbonyl (C=O) groups is 5. The van der Waals surface area contributed by atoms with Gasteiger partial charge in [0.1, 0.15) is 24.8 Å². The van der Waals surface area contributed by atoms with Crippen LogP contribution in [-0.2, 0) is 53.9 Å². The maximum Gasteiger partial charge on any atom is 0.343 e. The molecule has 15 heteroatoms. The fraction of sp³-hybridized carbons (Fsp3) is 0.286. The van der Waals surface area contributed by atoms with Crippen molar-refractivity contribution in [1.29, 1.82) is 0 Å². The fourth-order valence-corrected chi connectivity index (χ4v) is 6.14. The van der Waals surface area contributed by atoms with Crippen LogP contribution in [0.15, 0.2) is 59.4 Å². The van der Waals surface area contributed by atoms with Gasteiger partial charge in [-0.15, -0.1) is 0 Å². The largest absolute Gasteiger partial charge is 0.458 e. The number of rotatable bonds is 12. The fourth-order valence-electron chi connectivity index (χ4n) is 6.14. The van der Waals surface area contributed by atoms with E-state index in [2.05, 4.69) is 26.3 Å². The molecule has 0 aliphatic carbocycles. The predicted octanol–water partition coefficient (Wildman–Crippen LogP) is 0.789. The number of halogens is 1. The molecule has 0 saturated carbocycles. The second kappa shape index (κ2) is 14.0. The summed E-state index contributed by atoms with van der Waals surface area (Å²) in [5.41, 5.74) is 0.165. The first-order chi connectivity index (χ1) is 24.0. The molecule has 50 heavy (non-hydrogen) atoms. The van der Waals surface area contributed by atoms with E-state index in [4.69, 9.17) is 4.74 Å². The first-order valence-electron chi connectivity index (χ1n) is 15.9. The number of amides is 3. The zero-order valence-electron chi connectivity index (χ0n) is 26.9. The zero-order chi connectivity index (χ0) is 35.6. The van der Waals surface area contributed by atoms with Crippen molar-refractivity contribution in [3.05, 3.63) is 93.0 Å². The number of hydrogen-bond donors (Lipinski definition) is 5. The van der Waals surface area contributed by atoms with Gasteiger partial charge in [-0.05, 0) is 30.2 Å². The molecule has 5 N–H and O–H groups in total. The first kappa shape index (κ1) is 34.1. The predicted molar refractivity (Wildman–Crippen MR) is 177 cm³/mol. The summed E-state index contributed by atoms with van der Waals surface area (Å²) in [4.78, 5) is 79.3. The van der Waals surface area contributed by atoms with E-state index in [1.54, 1.807) is 49.4 Å². The number of esters is 1. The monoisotopic (exact) mass is 684 g/mol. The Balaban J connectivity index is 1.17. The molecule has 6 rings (SSSR count). The number of nitrogens with zero attached hydrogens (tertiary/aromatic N) is 2. The Labute approximate surface area is 284 Å². The Kier molecular flexibility index (Phi) is 9.52. The van der Waals surface area contributed by atoms with Gasteiger partial charge in [0.2, 0.25) is 17.7 Å². The Hall–Kier alpha value is -5.80. The van der Waals surface area contributed by atoms with Gasteiger partial charge in [0.05, 0.1) is 54.3 Å². The molecule has 2 aliphatic heterocycles. The van der Waals surface area contributed by atoms with E-state index in [1.165, 1.54) is 10.6 Å². The van der Waals surface area contributed by atoms with Gasteiger partial charge in [-0.25, -0.2) is 14.2 Å². The summed E-state index contributed by atoms with van der Waals surface area (Å²) in [6.45, 7) is 0.722. The van der Waals surface area contributed by atoms with Gasteiger partial charge in [-0.2, -0.15) is 0 Å². The molecule has 0 bridgehead atoms. The van der Waals surface area contributed by atoms with E-state index in [1.807, 2.05) is 0 Å². The Bertz CT molecular complexity index is 2100. The summed E-state index contributed by atoms with van der Waals surface area (Å²) < 4.78 is 21.9. The Morgan fingerprint density at radius 1 is 1.10 bits per heavy atom. The number of anilines is 1. The number of ether oxygens (including phenoxy) is 1. The third kappa shape index (κ3) is 6.60. The number of nitrogens with one attached hydrogen (secondary N) is 4. The van der Waals surface area contributed by atoms with Crippen molar-refractivity contribution in [2.75, 3.05) is 25.0 Å². The molecule has 0 radical (unpaired) electrons. The van der Waals surface area contributed by atoms with Crippen LogP contribution in [0.3, 0.4) is 0 Å². The van der Waals surface area contributed by atoms with Crippen LogP contribution in [0.5, 0.6) is 0 Å². The second-order valence-electron chi connectivity index (χ2n) is 12.0. The van der Waals surface area contributed by atoms with Gasteiger partial charge in [0, 0.05) is 29.0 Å². The molecule has 2 aromatic carbocycles. The minimum atomic E-state index is -1.98. The average Bonchev–Trinajstić information content (AvgIpc) is 3.46. The van der Waals surface area contributed by atoms with Crippen LogP contribution >= 0.6 is 0 Å². The van der Waals surface area contributed by atoms with Crippen molar-refractivity contribution >= 4 is 46.6 Å². The van der Waals surface area contributed by atoms with Crippen LogP contribution < -0.4 is 26.8 Å². The highest BCUT2D eigenvalue weighted by atomic mass is 19.1. The lowest BCUT2D eigenvalue weighted by atomic mass is 9.86. The molecule has 0 fully saturated rings. The van der Waals surface area contributed by atoms with Gasteiger partial charge in [-0.3, -0.25) is 19.2 Å². The molecule has 2 atom stereocenters. The Morgan fingerprint density at radius 2 is 1.88 bits per heavy atom. The third-order valence-electron chi connectivity index (χ3n) is 8.74. The maximum absolute atomic E-state index is 15.3. The van der Waals surface area contributed by atoms with E-state index in [9.17, 15) is 33.9 Å². The number of carbonyl (C=O) groups excluding carboxylic acids is 5. The van der Waals surface area contributed by atoms with Crippen LogP contribution in [0.4, 0.5) is 10.1 Å². The molecule has 0 saturated heterocycles. The smallest absolute Gasteiger partial charge is 0.343 e. The van der Waals surface area contributed by atoms with E-state index in [0.717, 1.165) is 11.6 Å². The SMILES string of the molecule is CC[C@@]1(O)C(=O)OCc2c1cc1n(c2=O)Cc2cc3cc(NC(=O)CNC(=O)[C@H](Cc4ccccc4)NC(=O)CNCC=O)c(F)cc3nc2-1. The highest BCUT2D eigenvalue weighted by molar-refractivity contribution is 5.98. The summed E-state index contributed by atoms with van der Waals surface area (Å²) in [5, 5.41) is 21.7. The number of benzene rings is 2. The molecular weight excluding hydrogens is 651 g/mol. The molecule has 258 valence electrons. The van der Waals surface area contributed by atoms with E-state index in [-0.39, 0.29) is 61.4 Å². The van der Waals surface area contributed by atoms with Crippen molar-refractivity contribution < 1.29 is 38.2 Å². The number of fused-ring (bicyclic) bond motifs is 5. The molecule has 0 unspecified atom stereocenters. The molecule has 4 aromatic rings. The van der Waals surface area contributed by atoms with Crippen LogP contribution in [0.1, 0.15) is 35.6 Å². The second-order valence-corrected chi connectivity index (χ2v) is 12.0. The normalized spacial score (nSPS) is 16.4. The van der Waals surface area contributed by atoms with Crippen molar-refractivity contribution in [3.63, 3.8) is 0 Å². The number of aldehydes is 1. The van der Waals surface area contributed by atoms with Crippen LogP contribution in [0.2, 0.25) is 0 Å². The van der Waals surface area contributed by atoms with Crippen molar-refractivity contribution in [1.82, 2.24) is 25.5 Å². The lowest BCUT2D eigenvalue weighted by molar-refractivity contribution is -0.172. The molecule has 2 aliphatic rings. The molecule has 4 heterocycles. The highest BCUT2D eigenvalue weighted by Gasteiger charge is 2.45. The van der Waals surface area contributed by atoms with Gasteiger partial charge >= 0.3 is 5.97 Å². The number of pyridine rings is 2. The van der Waals surface area contributed by atoms with Crippen molar-refractivity contribution in [2.24, 2.45) is 0 Å². The van der Waals surface area contributed by atoms with E-state index in [0.29, 0.717) is 28.6 Å². The topological polar surface area (TPSA) is 198 Å². The molecule has 14 nitrogen and oxygen atoms in total. The van der Waals surface area contributed by atoms with Crippen LogP contribution in [0.25, 0.3) is 22.3 Å². The van der Waals surface area contributed by atoms with Gasteiger partial charge in [0.25, 0.3) is 5.56 Å². The van der Waals surface area contributed by atoms with Gasteiger partial charge < -0.3 is 40.5 Å². The molecular formula is C35H33FN6O8. The number of cyclic esters (lactones) is 1. The van der Waals surface area contributed by atoms with Crippen molar-refractivity contribution in [2.45, 2.75) is 44.6 Å². The van der Waals surface area contributed by atoms with Crippen LogP contribution in [-0.4, -0.2) is 70.3 Å². The zero-order valence-corrected chi connectivity index (χ0v) is 26.9. The minimum absolute atomic E-state index is 0.00487. The third-order valence-corrected chi connectivity index (χ3v) is 8.74. The van der Waals surface area contributed by atoms with Gasteiger partial charge in [0.15, 0.2) is 5.60 Å². The lowest BCUT2D eigenvalue weighted by Crippen LogP contribution is -2.51. The minimum Gasteiger partial charge on any atom is -0.458 e. The highest BCUT2D eigenvalue weighted by Crippen LogP contribution is 2.39. The summed E-state index contributed by atoms with van der Waals surface area (Å²) in [5.74, 6) is -3.53. The van der Waals surface area contributed by atoms with Crippen LogP contribution in [0, 0.1) is 5.82 Å². The van der Waals surface area contributed by atoms with E-state index >= 15 is 4.39 Å². The Morgan fingerprint density at radius 3 is 2.62 bits per heavy atom. The summed E-state index contributed by atoms with van der Waals surface area (Å²) in [6.07, 6.45) is 0.729. The molecule has 0 spiro atoms. The quantitative estimate of drug-likeness (QED) is 0.0712. The number of aliphatic hydroxyl groups is 1. The molecule has 2 aromatic heterocycles. The molecule has 3 amide bonds. The average molecular weight is 685 g/mol. The van der Waals surface area contributed by atoms with Gasteiger partial charge in [-0.1, -0.05) is 37.3 Å². The standard InChI is InChI=1S/C35H33FN6O8/c1-2-35(49)23-13-28-31-21(17-42(28)33(47)22(23)18-50-34(35)48)11-20-12-26(24(36)14-25(20)41-31)39-30(45)16-38-32(46)27(10-19-6-4-3-5-7-19)40-29(44)15-37-8-9-43/h3-7,9,11-14,27,37,49H,2,8,10,15-18H2,1H3,(H,38,46)(H,39,45)(H,40,44)/t27-,35-/m0/s1. The summed E-state index contributed by atoms with van der Waals surface area (Å²) in [6, 6.07) is 13.7. The first-order valence-corrected chi connectivity index (χ1v) is 15.9. The lowest BCUT2D eigenvalue weighted by Gasteiger charge is -2.31. The van der Waals surface area contributed by atoms with Crippen molar-refractivity contribution in [3.8, 4) is 11.4 Å². The number of aromatic nitrogens is 2. The van der Waals surface area contributed by atoms with E-state index < -0.39 is 53.3 Å². The summed E-state index contributed by atoms with van der Waals surface area (Å²) in [7, 11) is 0. The maximum atomic E-state index is 15.3. The number of hydrogen-bond acceptors (Lipinski definition) is 10. The summed E-state index contributed by atoms with van der Waals surface area (Å²) >= 11 is 0.